The van der Waals surface area contributed by atoms with Gasteiger partial charge in [-0.15, -0.1) is 0 Å². The standard InChI is InChI=1S/C27H56N2OS/c1-5-6-7-8-9-10-11-12-13-14-15-16-17-19-25-31-26-20-18-22-27(30)28-23-21-24-29(2,3)4/h5-26H2,1-4H3/p+1. The van der Waals surface area contributed by atoms with Gasteiger partial charge < -0.3 is 9.80 Å². The summed E-state index contributed by atoms with van der Waals surface area (Å²) >= 11 is 2.08. The van der Waals surface area contributed by atoms with Crippen LogP contribution in [0.5, 0.6) is 0 Å². The molecule has 0 radical (unpaired) electrons. The predicted molar refractivity (Wildman–Crippen MR) is 142 cm³/mol. The maximum absolute atomic E-state index is 11.8. The van der Waals surface area contributed by atoms with E-state index in [-0.39, 0.29) is 5.91 Å². The second-order valence-corrected chi connectivity index (χ2v) is 11.6. The van der Waals surface area contributed by atoms with Crippen molar-refractivity contribution in [1.82, 2.24) is 5.32 Å². The van der Waals surface area contributed by atoms with E-state index >= 15 is 0 Å². The van der Waals surface area contributed by atoms with Gasteiger partial charge in [-0.25, -0.2) is 0 Å². The SMILES string of the molecule is CCCCCCCCCCCCCCCCSCCCCC(=O)NCCC[N+](C)(C)C. The monoisotopic (exact) mass is 457 g/mol. The molecule has 0 aromatic rings. The van der Waals surface area contributed by atoms with Gasteiger partial charge in [-0.1, -0.05) is 90.4 Å². The Hall–Kier alpha value is -0.220. The molecule has 0 bridgehead atoms. The zero-order valence-electron chi connectivity index (χ0n) is 21.8. The van der Waals surface area contributed by atoms with E-state index in [2.05, 4.69) is 45.1 Å². The molecule has 0 saturated heterocycles. The molecule has 0 saturated carbocycles. The van der Waals surface area contributed by atoms with E-state index in [0.29, 0.717) is 6.42 Å². The van der Waals surface area contributed by atoms with Gasteiger partial charge in [0.1, 0.15) is 0 Å². The molecule has 0 aliphatic carbocycles. The number of rotatable bonds is 24. The van der Waals surface area contributed by atoms with Crippen molar-refractivity contribution in [1.29, 1.82) is 0 Å². The maximum atomic E-state index is 11.8. The number of nitrogens with zero attached hydrogens (tertiary/aromatic N) is 1. The molecule has 0 rings (SSSR count). The second-order valence-electron chi connectivity index (χ2n) is 10.4. The van der Waals surface area contributed by atoms with Crippen molar-refractivity contribution < 1.29 is 9.28 Å². The van der Waals surface area contributed by atoms with E-state index < -0.39 is 0 Å². The number of hydrogen-bond acceptors (Lipinski definition) is 2. The molecular formula is C27H57N2OS+. The van der Waals surface area contributed by atoms with E-state index in [1.165, 1.54) is 108 Å². The average Bonchev–Trinajstić information content (AvgIpc) is 2.72. The molecule has 0 fully saturated rings. The Labute approximate surface area is 200 Å². The third-order valence-electron chi connectivity index (χ3n) is 5.91. The van der Waals surface area contributed by atoms with Crippen molar-refractivity contribution in [2.24, 2.45) is 0 Å². The van der Waals surface area contributed by atoms with Crippen LogP contribution in [0, 0.1) is 0 Å². The van der Waals surface area contributed by atoms with Gasteiger partial charge >= 0.3 is 0 Å². The molecule has 0 aromatic heterocycles. The van der Waals surface area contributed by atoms with Gasteiger partial charge in [0.2, 0.25) is 5.91 Å². The molecule has 0 atom stereocenters. The summed E-state index contributed by atoms with van der Waals surface area (Å²) < 4.78 is 0.965. The van der Waals surface area contributed by atoms with Crippen LogP contribution >= 0.6 is 11.8 Å². The molecule has 0 aromatic carbocycles. The Morgan fingerprint density at radius 1 is 0.645 bits per heavy atom. The normalized spacial score (nSPS) is 11.7. The fourth-order valence-electron chi connectivity index (χ4n) is 3.86. The topological polar surface area (TPSA) is 29.1 Å². The van der Waals surface area contributed by atoms with Crippen molar-refractivity contribution in [2.75, 3.05) is 45.7 Å². The average molecular weight is 458 g/mol. The van der Waals surface area contributed by atoms with Gasteiger partial charge in [-0.2, -0.15) is 11.8 Å². The lowest BCUT2D eigenvalue weighted by molar-refractivity contribution is -0.870. The van der Waals surface area contributed by atoms with Crippen LogP contribution in [-0.2, 0) is 4.79 Å². The van der Waals surface area contributed by atoms with E-state index in [1.807, 2.05) is 0 Å². The van der Waals surface area contributed by atoms with Crippen molar-refractivity contribution >= 4 is 17.7 Å². The van der Waals surface area contributed by atoms with Crippen LogP contribution in [0.15, 0.2) is 0 Å². The summed E-state index contributed by atoms with van der Waals surface area (Å²) in [4.78, 5) is 11.8. The number of unbranched alkanes of at least 4 members (excludes halogenated alkanes) is 14. The Morgan fingerprint density at radius 2 is 1.10 bits per heavy atom. The highest BCUT2D eigenvalue weighted by atomic mass is 32.2. The number of carbonyl (C=O) groups is 1. The van der Waals surface area contributed by atoms with Gasteiger partial charge in [0.15, 0.2) is 0 Å². The Bertz CT molecular complexity index is 382. The minimum absolute atomic E-state index is 0.235. The van der Waals surface area contributed by atoms with Crippen molar-refractivity contribution in [3.05, 3.63) is 0 Å². The van der Waals surface area contributed by atoms with Crippen LogP contribution in [0.3, 0.4) is 0 Å². The van der Waals surface area contributed by atoms with Crippen LogP contribution in [0.2, 0.25) is 0 Å². The third-order valence-corrected chi connectivity index (χ3v) is 7.07. The van der Waals surface area contributed by atoms with Crippen LogP contribution in [0.25, 0.3) is 0 Å². The van der Waals surface area contributed by atoms with E-state index in [4.69, 9.17) is 0 Å². The molecule has 1 N–H and O–H groups in total. The molecular weight excluding hydrogens is 400 g/mol. The molecule has 0 heterocycles. The number of thioether (sulfide) groups is 1. The number of quaternary nitrogens is 1. The molecule has 31 heavy (non-hydrogen) atoms. The first-order valence-corrected chi connectivity index (χ1v) is 14.8. The lowest BCUT2D eigenvalue weighted by Crippen LogP contribution is -2.37. The van der Waals surface area contributed by atoms with Crippen LogP contribution < -0.4 is 5.32 Å². The van der Waals surface area contributed by atoms with Gasteiger partial charge in [-0.3, -0.25) is 4.79 Å². The highest BCUT2D eigenvalue weighted by molar-refractivity contribution is 7.99. The molecule has 3 nitrogen and oxygen atoms in total. The van der Waals surface area contributed by atoms with Crippen molar-refractivity contribution in [3.63, 3.8) is 0 Å². The van der Waals surface area contributed by atoms with E-state index in [9.17, 15) is 4.79 Å². The first kappa shape index (κ1) is 30.8. The Balaban J connectivity index is 3.14. The Morgan fingerprint density at radius 3 is 1.58 bits per heavy atom. The summed E-state index contributed by atoms with van der Waals surface area (Å²) in [6.45, 7) is 4.22. The number of amides is 1. The first-order valence-electron chi connectivity index (χ1n) is 13.6. The van der Waals surface area contributed by atoms with Gasteiger partial charge in [0.25, 0.3) is 0 Å². The van der Waals surface area contributed by atoms with Gasteiger partial charge in [0.05, 0.1) is 27.7 Å². The molecule has 1 amide bonds. The molecule has 186 valence electrons. The summed E-state index contributed by atoms with van der Waals surface area (Å²) in [5.41, 5.74) is 0. The minimum atomic E-state index is 0.235. The minimum Gasteiger partial charge on any atom is -0.356 e. The fourth-order valence-corrected chi connectivity index (χ4v) is 4.88. The summed E-state index contributed by atoms with van der Waals surface area (Å²) in [5.74, 6) is 2.75. The maximum Gasteiger partial charge on any atom is 0.219 e. The molecule has 0 aliphatic rings. The largest absolute Gasteiger partial charge is 0.356 e. The zero-order valence-corrected chi connectivity index (χ0v) is 22.6. The molecule has 0 unspecified atom stereocenters. The second kappa shape index (κ2) is 23.0. The lowest BCUT2D eigenvalue weighted by atomic mass is 10.0. The van der Waals surface area contributed by atoms with Crippen LogP contribution in [0.1, 0.15) is 122 Å². The number of nitrogens with one attached hydrogen (secondary N) is 1. The summed E-state index contributed by atoms with van der Waals surface area (Å²) in [6.07, 6.45) is 24.0. The summed E-state index contributed by atoms with van der Waals surface area (Å²) in [6, 6.07) is 0. The summed E-state index contributed by atoms with van der Waals surface area (Å²) in [7, 11) is 6.58. The first-order chi connectivity index (χ1) is 15.0. The molecule has 0 aliphatic heterocycles. The lowest BCUT2D eigenvalue weighted by Gasteiger charge is -2.23. The van der Waals surface area contributed by atoms with E-state index in [1.54, 1.807) is 0 Å². The highest BCUT2D eigenvalue weighted by Gasteiger charge is 2.06. The third kappa shape index (κ3) is 27.7. The van der Waals surface area contributed by atoms with Gasteiger partial charge in [0, 0.05) is 19.4 Å². The van der Waals surface area contributed by atoms with Crippen LogP contribution in [-0.4, -0.2) is 56.1 Å². The fraction of sp³-hybridized carbons (Fsp3) is 0.963. The molecule has 0 spiro atoms. The number of hydrogen-bond donors (Lipinski definition) is 1. The van der Waals surface area contributed by atoms with Gasteiger partial charge in [-0.05, 0) is 30.8 Å². The zero-order chi connectivity index (χ0) is 23.0. The van der Waals surface area contributed by atoms with Crippen molar-refractivity contribution in [3.8, 4) is 0 Å². The summed E-state index contributed by atoms with van der Waals surface area (Å²) in [5, 5.41) is 3.06. The smallest absolute Gasteiger partial charge is 0.219 e. The highest BCUT2D eigenvalue weighted by Crippen LogP contribution is 2.14. The quantitative estimate of drug-likeness (QED) is 0.119. The predicted octanol–water partition coefficient (Wildman–Crippen LogP) is 7.58. The van der Waals surface area contributed by atoms with E-state index in [0.717, 1.165) is 30.4 Å². The Kier molecular flexibility index (Phi) is 22.8. The number of carbonyl (C=O) groups excluding carboxylic acids is 1. The van der Waals surface area contributed by atoms with Crippen LogP contribution in [0.4, 0.5) is 0 Å². The van der Waals surface area contributed by atoms with Crippen molar-refractivity contribution in [2.45, 2.75) is 122 Å². The molecule has 4 heteroatoms.